The number of aryl methyl sites for hydroxylation is 1. The molecule has 0 fully saturated rings. The number of carbonyl (C=O) groups is 1. The zero-order valence-corrected chi connectivity index (χ0v) is 17.3. The van der Waals surface area contributed by atoms with Crippen LogP contribution in [0.3, 0.4) is 0 Å². The number of amides is 1. The van der Waals surface area contributed by atoms with Crippen molar-refractivity contribution in [1.29, 1.82) is 0 Å². The zero-order chi connectivity index (χ0) is 21.8. The van der Waals surface area contributed by atoms with Crippen molar-refractivity contribution >= 4 is 22.8 Å². The number of nitrogens with one attached hydrogen (secondary N) is 1. The van der Waals surface area contributed by atoms with Gasteiger partial charge in [0.15, 0.2) is 5.65 Å². The molecule has 1 N–H and O–H groups in total. The number of aromatic nitrogens is 3. The van der Waals surface area contributed by atoms with E-state index in [2.05, 4.69) is 15.3 Å². The second-order valence-corrected chi connectivity index (χ2v) is 6.84. The van der Waals surface area contributed by atoms with E-state index < -0.39 is 0 Å². The van der Waals surface area contributed by atoms with E-state index in [-0.39, 0.29) is 11.5 Å². The quantitative estimate of drug-likeness (QED) is 0.513. The third kappa shape index (κ3) is 4.16. The molecule has 4 rings (SSSR count). The lowest BCUT2D eigenvalue weighted by Gasteiger charge is -2.10. The highest BCUT2D eigenvalue weighted by atomic mass is 16.5. The maximum absolute atomic E-state index is 12.9. The molecule has 0 atom stereocenters. The van der Waals surface area contributed by atoms with E-state index in [4.69, 9.17) is 4.74 Å². The molecule has 0 saturated carbocycles. The monoisotopic (exact) mass is 414 g/mol. The first kappa shape index (κ1) is 20.3. The molecule has 7 heteroatoms. The molecular weight excluding hydrogens is 392 g/mol. The molecule has 4 aromatic rings. The van der Waals surface area contributed by atoms with Crippen LogP contribution in [0.1, 0.15) is 24.2 Å². The molecule has 0 aliphatic carbocycles. The predicted molar refractivity (Wildman–Crippen MR) is 120 cm³/mol. The lowest BCUT2D eigenvalue weighted by Crippen LogP contribution is -2.23. The molecule has 156 valence electrons. The summed E-state index contributed by atoms with van der Waals surface area (Å²) >= 11 is 0. The van der Waals surface area contributed by atoms with Gasteiger partial charge in [0.25, 0.3) is 11.5 Å². The van der Waals surface area contributed by atoms with Gasteiger partial charge < -0.3 is 10.1 Å². The Kier molecular flexibility index (Phi) is 5.75. The Hall–Kier alpha value is -4.00. The van der Waals surface area contributed by atoms with Crippen molar-refractivity contribution in [2.75, 3.05) is 11.9 Å². The summed E-state index contributed by atoms with van der Waals surface area (Å²) in [5.74, 6) is 0.512. The normalized spacial score (nSPS) is 10.8. The number of hydrogen-bond donors (Lipinski definition) is 1. The van der Waals surface area contributed by atoms with Crippen LogP contribution < -0.4 is 15.6 Å². The number of hydrogen-bond acceptors (Lipinski definition) is 5. The Morgan fingerprint density at radius 1 is 1.03 bits per heavy atom. The summed E-state index contributed by atoms with van der Waals surface area (Å²) in [6, 6.07) is 17.7. The van der Waals surface area contributed by atoms with Gasteiger partial charge in [-0.25, -0.2) is 9.97 Å². The van der Waals surface area contributed by atoms with Crippen LogP contribution in [0.25, 0.3) is 22.4 Å². The highest BCUT2D eigenvalue weighted by Crippen LogP contribution is 2.19. The SMILES string of the molecule is CCOc1ccc(NC(=O)c2ccc(-c3nc4cccnc4n(CC)c3=O)cc2)cc1. The van der Waals surface area contributed by atoms with E-state index in [0.29, 0.717) is 46.8 Å². The fourth-order valence-corrected chi connectivity index (χ4v) is 3.34. The average molecular weight is 414 g/mol. The summed E-state index contributed by atoms with van der Waals surface area (Å²) in [6.07, 6.45) is 1.65. The minimum absolute atomic E-state index is 0.208. The Labute approximate surface area is 179 Å². The van der Waals surface area contributed by atoms with E-state index in [9.17, 15) is 9.59 Å². The molecule has 2 aromatic carbocycles. The third-order valence-electron chi connectivity index (χ3n) is 4.86. The first-order valence-electron chi connectivity index (χ1n) is 10.1. The van der Waals surface area contributed by atoms with Crippen LogP contribution in [0.15, 0.2) is 71.7 Å². The fraction of sp³-hybridized carbons (Fsp3) is 0.167. The van der Waals surface area contributed by atoms with Gasteiger partial charge >= 0.3 is 0 Å². The Morgan fingerprint density at radius 2 is 1.77 bits per heavy atom. The van der Waals surface area contributed by atoms with Gasteiger partial charge in [0.2, 0.25) is 0 Å². The lowest BCUT2D eigenvalue weighted by molar-refractivity contribution is 0.102. The van der Waals surface area contributed by atoms with E-state index >= 15 is 0 Å². The summed E-state index contributed by atoms with van der Waals surface area (Å²) in [5.41, 5.74) is 3.14. The van der Waals surface area contributed by atoms with Gasteiger partial charge in [0.1, 0.15) is 17.0 Å². The molecule has 0 bridgehead atoms. The van der Waals surface area contributed by atoms with Crippen LogP contribution in [-0.4, -0.2) is 27.0 Å². The number of nitrogens with zero attached hydrogens (tertiary/aromatic N) is 3. The minimum Gasteiger partial charge on any atom is -0.494 e. The number of fused-ring (bicyclic) bond motifs is 1. The van der Waals surface area contributed by atoms with E-state index in [0.717, 1.165) is 5.75 Å². The number of carbonyl (C=O) groups excluding carboxylic acids is 1. The minimum atomic E-state index is -0.239. The maximum atomic E-state index is 12.9. The first-order chi connectivity index (χ1) is 15.1. The van der Waals surface area contributed by atoms with Crippen LogP contribution in [0, 0.1) is 0 Å². The molecule has 0 saturated heterocycles. The van der Waals surface area contributed by atoms with E-state index in [1.807, 2.05) is 19.9 Å². The van der Waals surface area contributed by atoms with Gasteiger partial charge in [-0.05, 0) is 62.4 Å². The molecule has 7 nitrogen and oxygen atoms in total. The van der Waals surface area contributed by atoms with Crippen molar-refractivity contribution in [2.24, 2.45) is 0 Å². The van der Waals surface area contributed by atoms with Gasteiger partial charge in [0, 0.05) is 29.6 Å². The highest BCUT2D eigenvalue weighted by molar-refractivity contribution is 6.04. The zero-order valence-electron chi connectivity index (χ0n) is 17.3. The van der Waals surface area contributed by atoms with Crippen molar-refractivity contribution in [1.82, 2.24) is 14.5 Å². The Bertz CT molecular complexity index is 1280. The maximum Gasteiger partial charge on any atom is 0.278 e. The largest absolute Gasteiger partial charge is 0.494 e. The molecule has 0 aliphatic rings. The average Bonchev–Trinajstić information content (AvgIpc) is 2.80. The predicted octanol–water partition coefficient (Wildman–Crippen LogP) is 4.13. The molecule has 0 unspecified atom stereocenters. The number of pyridine rings is 1. The van der Waals surface area contributed by atoms with Gasteiger partial charge in [0.05, 0.1) is 6.61 Å². The second-order valence-electron chi connectivity index (χ2n) is 6.84. The van der Waals surface area contributed by atoms with Crippen LogP contribution in [-0.2, 0) is 6.54 Å². The number of benzene rings is 2. The topological polar surface area (TPSA) is 86.1 Å². The van der Waals surface area contributed by atoms with Crippen LogP contribution in [0.2, 0.25) is 0 Å². The van der Waals surface area contributed by atoms with Crippen LogP contribution >= 0.6 is 0 Å². The first-order valence-corrected chi connectivity index (χ1v) is 10.1. The Morgan fingerprint density at radius 3 is 2.45 bits per heavy atom. The van der Waals surface area contributed by atoms with Crippen molar-refractivity contribution < 1.29 is 9.53 Å². The standard InChI is InChI=1S/C24H22N4O3/c1-3-28-22-20(6-5-15-25-22)27-21(24(28)30)16-7-9-17(10-8-16)23(29)26-18-11-13-19(14-12-18)31-4-2/h5-15H,3-4H2,1-2H3,(H,26,29). The summed E-state index contributed by atoms with van der Waals surface area (Å²) < 4.78 is 7.01. The summed E-state index contributed by atoms with van der Waals surface area (Å²) in [7, 11) is 0. The molecule has 0 spiro atoms. The highest BCUT2D eigenvalue weighted by Gasteiger charge is 2.14. The number of anilines is 1. The van der Waals surface area contributed by atoms with E-state index in [1.54, 1.807) is 65.4 Å². The molecule has 0 aliphatic heterocycles. The van der Waals surface area contributed by atoms with Gasteiger partial charge in [-0.2, -0.15) is 0 Å². The van der Waals surface area contributed by atoms with Gasteiger partial charge in [-0.3, -0.25) is 14.2 Å². The second kappa shape index (κ2) is 8.79. The van der Waals surface area contributed by atoms with Crippen molar-refractivity contribution in [3.05, 3.63) is 82.8 Å². The van der Waals surface area contributed by atoms with Gasteiger partial charge in [-0.1, -0.05) is 12.1 Å². The molecule has 1 amide bonds. The lowest BCUT2D eigenvalue weighted by atomic mass is 10.1. The number of ether oxygens (including phenoxy) is 1. The summed E-state index contributed by atoms with van der Waals surface area (Å²) in [5, 5.41) is 2.86. The van der Waals surface area contributed by atoms with Gasteiger partial charge in [-0.15, -0.1) is 0 Å². The third-order valence-corrected chi connectivity index (χ3v) is 4.86. The van der Waals surface area contributed by atoms with Crippen LogP contribution in [0.4, 0.5) is 5.69 Å². The molecule has 2 heterocycles. The Balaban J connectivity index is 1.59. The molecule has 0 radical (unpaired) electrons. The fourth-order valence-electron chi connectivity index (χ4n) is 3.34. The molecule has 2 aromatic heterocycles. The van der Waals surface area contributed by atoms with Crippen molar-refractivity contribution in [3.8, 4) is 17.0 Å². The summed E-state index contributed by atoms with van der Waals surface area (Å²) in [6.45, 7) is 4.89. The molecule has 31 heavy (non-hydrogen) atoms. The van der Waals surface area contributed by atoms with E-state index in [1.165, 1.54) is 0 Å². The smallest absolute Gasteiger partial charge is 0.278 e. The number of rotatable bonds is 6. The van der Waals surface area contributed by atoms with Crippen molar-refractivity contribution in [2.45, 2.75) is 20.4 Å². The van der Waals surface area contributed by atoms with Crippen LogP contribution in [0.5, 0.6) is 5.75 Å². The van der Waals surface area contributed by atoms with Crippen molar-refractivity contribution in [3.63, 3.8) is 0 Å². The summed E-state index contributed by atoms with van der Waals surface area (Å²) in [4.78, 5) is 34.3. The molecular formula is C24H22N4O3.